The van der Waals surface area contributed by atoms with E-state index in [0.29, 0.717) is 25.3 Å². The molecule has 0 aromatic carbocycles. The molecule has 0 radical (unpaired) electrons. The predicted octanol–water partition coefficient (Wildman–Crippen LogP) is 2.33. The standard InChI is InChI=1S/C21H32N4O2/c1-17-9-7-10-22-19(17)21(27)25-14-8-13-24(15-16-25)20(26)18(2)23-11-5-3-4-6-12-23/h7,9-10,18H,3-6,8,11-16H2,1-2H3. The SMILES string of the molecule is Cc1cccnc1C(=O)N1CCCN(C(=O)C(C)N2CCCCCC2)CC1. The van der Waals surface area contributed by atoms with Crippen molar-refractivity contribution in [3.8, 4) is 0 Å². The van der Waals surface area contributed by atoms with Gasteiger partial charge in [-0.05, 0) is 57.8 Å². The molecule has 3 heterocycles. The van der Waals surface area contributed by atoms with Gasteiger partial charge in [-0.25, -0.2) is 0 Å². The number of likely N-dealkylation sites (tertiary alicyclic amines) is 1. The first kappa shape index (κ1) is 19.8. The minimum atomic E-state index is -0.0663. The second-order valence-electron chi connectivity index (χ2n) is 7.77. The van der Waals surface area contributed by atoms with Gasteiger partial charge in [0.15, 0.2) is 0 Å². The van der Waals surface area contributed by atoms with Crippen molar-refractivity contribution in [2.45, 2.75) is 52.0 Å². The summed E-state index contributed by atoms with van der Waals surface area (Å²) in [6.07, 6.45) is 7.38. The van der Waals surface area contributed by atoms with Crippen molar-refractivity contribution in [3.63, 3.8) is 0 Å². The fourth-order valence-corrected chi connectivity index (χ4v) is 4.10. The Morgan fingerprint density at radius 1 is 0.926 bits per heavy atom. The molecule has 0 spiro atoms. The van der Waals surface area contributed by atoms with Crippen molar-refractivity contribution in [1.29, 1.82) is 0 Å². The summed E-state index contributed by atoms with van der Waals surface area (Å²) >= 11 is 0. The number of amides is 2. The zero-order chi connectivity index (χ0) is 19.2. The monoisotopic (exact) mass is 372 g/mol. The van der Waals surface area contributed by atoms with Gasteiger partial charge in [0.1, 0.15) is 5.69 Å². The number of hydrogen-bond acceptors (Lipinski definition) is 4. The molecular weight excluding hydrogens is 340 g/mol. The van der Waals surface area contributed by atoms with Crippen LogP contribution in [0.15, 0.2) is 18.3 Å². The van der Waals surface area contributed by atoms with Crippen LogP contribution in [0, 0.1) is 6.92 Å². The molecule has 1 aromatic heterocycles. The van der Waals surface area contributed by atoms with Crippen LogP contribution in [0.2, 0.25) is 0 Å². The minimum Gasteiger partial charge on any atom is -0.340 e. The molecular formula is C21H32N4O2. The number of pyridine rings is 1. The third-order valence-electron chi connectivity index (χ3n) is 5.85. The Hall–Kier alpha value is -1.95. The summed E-state index contributed by atoms with van der Waals surface area (Å²) in [5.74, 6) is 0.184. The Labute approximate surface area is 162 Å². The van der Waals surface area contributed by atoms with Crippen molar-refractivity contribution in [1.82, 2.24) is 19.7 Å². The summed E-state index contributed by atoms with van der Waals surface area (Å²) in [6.45, 7) is 8.57. The molecule has 2 amide bonds. The number of aromatic nitrogens is 1. The Morgan fingerprint density at radius 3 is 2.30 bits per heavy atom. The highest BCUT2D eigenvalue weighted by molar-refractivity contribution is 5.93. The van der Waals surface area contributed by atoms with Gasteiger partial charge in [-0.15, -0.1) is 0 Å². The van der Waals surface area contributed by atoms with Gasteiger partial charge in [0.25, 0.3) is 5.91 Å². The van der Waals surface area contributed by atoms with Crippen molar-refractivity contribution < 1.29 is 9.59 Å². The molecule has 2 saturated heterocycles. The number of hydrogen-bond donors (Lipinski definition) is 0. The highest BCUT2D eigenvalue weighted by Crippen LogP contribution is 2.16. The molecule has 2 aliphatic heterocycles. The number of carbonyl (C=O) groups is 2. The molecule has 148 valence electrons. The largest absolute Gasteiger partial charge is 0.340 e. The summed E-state index contributed by atoms with van der Waals surface area (Å²) in [4.78, 5) is 36.2. The van der Waals surface area contributed by atoms with Gasteiger partial charge in [-0.2, -0.15) is 0 Å². The van der Waals surface area contributed by atoms with E-state index in [0.717, 1.165) is 31.6 Å². The van der Waals surface area contributed by atoms with E-state index in [-0.39, 0.29) is 17.9 Å². The topological polar surface area (TPSA) is 56.8 Å². The Kier molecular flexibility index (Phi) is 6.83. The second kappa shape index (κ2) is 9.31. The Morgan fingerprint density at radius 2 is 1.59 bits per heavy atom. The molecule has 1 unspecified atom stereocenters. The van der Waals surface area contributed by atoms with E-state index in [1.807, 2.05) is 35.8 Å². The molecule has 2 fully saturated rings. The van der Waals surface area contributed by atoms with Crippen LogP contribution < -0.4 is 0 Å². The van der Waals surface area contributed by atoms with Crippen LogP contribution in [-0.2, 0) is 4.79 Å². The van der Waals surface area contributed by atoms with E-state index in [2.05, 4.69) is 9.88 Å². The first-order chi connectivity index (χ1) is 13.1. The van der Waals surface area contributed by atoms with Crippen LogP contribution in [0.25, 0.3) is 0 Å². The van der Waals surface area contributed by atoms with Crippen LogP contribution in [0.1, 0.15) is 55.1 Å². The molecule has 1 aromatic rings. The Bertz CT molecular complexity index is 655. The number of rotatable bonds is 3. The Balaban J connectivity index is 1.59. The van der Waals surface area contributed by atoms with Gasteiger partial charge in [-0.3, -0.25) is 19.5 Å². The summed E-state index contributed by atoms with van der Waals surface area (Å²) < 4.78 is 0. The molecule has 2 aliphatic rings. The fraction of sp³-hybridized carbons (Fsp3) is 0.667. The maximum Gasteiger partial charge on any atom is 0.272 e. The third kappa shape index (κ3) is 4.86. The number of carbonyl (C=O) groups excluding carboxylic acids is 2. The van der Waals surface area contributed by atoms with Crippen LogP contribution in [0.4, 0.5) is 0 Å². The van der Waals surface area contributed by atoms with Gasteiger partial charge in [0.05, 0.1) is 6.04 Å². The highest BCUT2D eigenvalue weighted by atomic mass is 16.2. The van der Waals surface area contributed by atoms with Crippen LogP contribution in [0.3, 0.4) is 0 Å². The number of nitrogens with zero attached hydrogens (tertiary/aromatic N) is 4. The summed E-state index contributed by atoms with van der Waals surface area (Å²) in [5.41, 5.74) is 1.42. The van der Waals surface area contributed by atoms with E-state index >= 15 is 0 Å². The van der Waals surface area contributed by atoms with Crippen molar-refractivity contribution in [2.24, 2.45) is 0 Å². The lowest BCUT2D eigenvalue weighted by molar-refractivity contribution is -0.136. The van der Waals surface area contributed by atoms with Crippen LogP contribution >= 0.6 is 0 Å². The van der Waals surface area contributed by atoms with Gasteiger partial charge in [0, 0.05) is 32.4 Å². The summed E-state index contributed by atoms with van der Waals surface area (Å²) in [7, 11) is 0. The lowest BCUT2D eigenvalue weighted by atomic mass is 10.2. The highest BCUT2D eigenvalue weighted by Gasteiger charge is 2.29. The van der Waals surface area contributed by atoms with Crippen LogP contribution in [-0.4, -0.2) is 76.8 Å². The fourth-order valence-electron chi connectivity index (χ4n) is 4.10. The van der Waals surface area contributed by atoms with Crippen LogP contribution in [0.5, 0.6) is 0 Å². The van der Waals surface area contributed by atoms with Gasteiger partial charge in [0.2, 0.25) is 5.91 Å². The smallest absolute Gasteiger partial charge is 0.272 e. The quantitative estimate of drug-likeness (QED) is 0.817. The maximum atomic E-state index is 13.0. The summed E-state index contributed by atoms with van der Waals surface area (Å²) in [6, 6.07) is 3.69. The van der Waals surface area contributed by atoms with Gasteiger partial charge >= 0.3 is 0 Å². The van der Waals surface area contributed by atoms with Crippen molar-refractivity contribution >= 4 is 11.8 Å². The first-order valence-corrected chi connectivity index (χ1v) is 10.3. The molecule has 6 nitrogen and oxygen atoms in total. The van der Waals surface area contributed by atoms with E-state index in [1.54, 1.807) is 6.20 Å². The van der Waals surface area contributed by atoms with E-state index in [1.165, 1.54) is 25.7 Å². The molecule has 0 bridgehead atoms. The summed E-state index contributed by atoms with van der Waals surface area (Å²) in [5, 5.41) is 0. The van der Waals surface area contributed by atoms with Gasteiger partial charge < -0.3 is 9.80 Å². The number of aryl methyl sites for hydroxylation is 1. The minimum absolute atomic E-state index is 0.0250. The molecule has 0 aliphatic carbocycles. The maximum absolute atomic E-state index is 13.0. The molecule has 3 rings (SSSR count). The van der Waals surface area contributed by atoms with E-state index < -0.39 is 0 Å². The lowest BCUT2D eigenvalue weighted by Crippen LogP contribution is -2.48. The lowest BCUT2D eigenvalue weighted by Gasteiger charge is -2.31. The average Bonchev–Trinajstić information content (AvgIpc) is 3.10. The molecule has 6 heteroatoms. The average molecular weight is 373 g/mol. The molecule has 27 heavy (non-hydrogen) atoms. The third-order valence-corrected chi connectivity index (χ3v) is 5.85. The normalized spacial score (nSPS) is 20.7. The zero-order valence-electron chi connectivity index (χ0n) is 16.7. The second-order valence-corrected chi connectivity index (χ2v) is 7.77. The first-order valence-electron chi connectivity index (χ1n) is 10.3. The van der Waals surface area contributed by atoms with Gasteiger partial charge in [-0.1, -0.05) is 18.9 Å². The van der Waals surface area contributed by atoms with Crippen molar-refractivity contribution in [2.75, 3.05) is 39.3 Å². The molecule has 0 N–H and O–H groups in total. The zero-order valence-corrected chi connectivity index (χ0v) is 16.7. The van der Waals surface area contributed by atoms with E-state index in [9.17, 15) is 9.59 Å². The predicted molar refractivity (Wildman–Crippen MR) is 106 cm³/mol. The molecule has 0 saturated carbocycles. The van der Waals surface area contributed by atoms with E-state index in [4.69, 9.17) is 0 Å². The molecule has 1 atom stereocenters. The van der Waals surface area contributed by atoms with Crippen molar-refractivity contribution in [3.05, 3.63) is 29.6 Å².